The van der Waals surface area contributed by atoms with Gasteiger partial charge in [-0.1, -0.05) is 18.2 Å². The average molecular weight is 305 g/mol. The van der Waals surface area contributed by atoms with E-state index in [1.807, 2.05) is 0 Å². The van der Waals surface area contributed by atoms with Crippen molar-refractivity contribution < 1.29 is 19.4 Å². The molecule has 0 aliphatic heterocycles. The summed E-state index contributed by atoms with van der Waals surface area (Å²) < 4.78 is 8.90. The van der Waals surface area contributed by atoms with Gasteiger partial charge < -0.3 is 15.6 Å². The van der Waals surface area contributed by atoms with Crippen LogP contribution in [0.2, 0.25) is 0 Å². The lowest BCUT2D eigenvalue weighted by atomic mass is 10.1. The fraction of sp³-hybridized carbons (Fsp3) is 0.0769. The third kappa shape index (κ3) is 3.63. The Morgan fingerprint density at radius 1 is 1.38 bits per heavy atom. The summed E-state index contributed by atoms with van der Waals surface area (Å²) in [4.78, 5) is 26.3. The Morgan fingerprint density at radius 2 is 2.10 bits per heavy atom. The molecule has 8 heteroatoms. The molecule has 1 aromatic heterocycles. The molecule has 108 valence electrons. The predicted octanol–water partition coefficient (Wildman–Crippen LogP) is 1.67. The first-order valence-corrected chi connectivity index (χ1v) is 6.56. The first-order valence-electron chi connectivity index (χ1n) is 5.79. The van der Waals surface area contributed by atoms with Gasteiger partial charge in [-0.15, -0.1) is 0 Å². The summed E-state index contributed by atoms with van der Waals surface area (Å²) in [5.74, 6) is -1.43. The minimum Gasteiger partial charge on any atom is -0.478 e. The van der Waals surface area contributed by atoms with E-state index < -0.39 is 11.9 Å². The molecule has 0 unspecified atom stereocenters. The van der Waals surface area contributed by atoms with E-state index in [0.29, 0.717) is 5.56 Å². The molecule has 2 aromatic rings. The van der Waals surface area contributed by atoms with Crippen molar-refractivity contribution in [2.24, 2.45) is 0 Å². The number of nitrogen functional groups attached to an aromatic ring is 1. The number of nitrogens with zero attached hydrogens (tertiary/aromatic N) is 2. The highest BCUT2D eigenvalue weighted by Gasteiger charge is 2.17. The van der Waals surface area contributed by atoms with E-state index >= 15 is 0 Å². The molecule has 0 fully saturated rings. The maximum absolute atomic E-state index is 11.4. The van der Waals surface area contributed by atoms with Crippen LogP contribution in [-0.2, 0) is 9.59 Å². The second-order valence-corrected chi connectivity index (χ2v) is 4.73. The van der Waals surface area contributed by atoms with Crippen LogP contribution in [0.4, 0.5) is 5.13 Å². The maximum atomic E-state index is 11.4. The number of aliphatic carboxylic acids is 1. The van der Waals surface area contributed by atoms with E-state index in [1.165, 1.54) is 13.0 Å². The number of para-hydroxylation sites is 1. The number of aromatic nitrogens is 2. The van der Waals surface area contributed by atoms with Crippen LogP contribution >= 0.6 is 11.5 Å². The smallest absolute Gasteiger partial charge is 0.339 e. The fourth-order valence-corrected chi connectivity index (χ4v) is 2.02. The highest BCUT2D eigenvalue weighted by Crippen LogP contribution is 2.25. The number of esters is 1. The normalized spacial score (nSPS) is 11.2. The van der Waals surface area contributed by atoms with Gasteiger partial charge in [0.2, 0.25) is 0 Å². The zero-order chi connectivity index (χ0) is 15.4. The highest BCUT2D eigenvalue weighted by molar-refractivity contribution is 7.09. The van der Waals surface area contributed by atoms with E-state index in [0.717, 1.165) is 11.5 Å². The Labute approximate surface area is 123 Å². The van der Waals surface area contributed by atoms with Crippen molar-refractivity contribution in [2.45, 2.75) is 6.92 Å². The van der Waals surface area contributed by atoms with Gasteiger partial charge in [-0.3, -0.25) is 4.79 Å². The monoisotopic (exact) mass is 305 g/mol. The molecule has 2 rings (SSSR count). The standard InChI is InChI=1S/C13H11N3O4S/c1-7(17)20-10-5-3-2-4-8(10)6-9(12(18)19)11-15-13(14)21-16-11/h2-6H,1H3,(H,18,19)(H2,14,15,16)/b9-6-. The maximum Gasteiger partial charge on any atom is 0.339 e. The van der Waals surface area contributed by atoms with Crippen LogP contribution in [0.25, 0.3) is 11.6 Å². The zero-order valence-corrected chi connectivity index (χ0v) is 11.8. The van der Waals surface area contributed by atoms with Crippen molar-refractivity contribution in [3.05, 3.63) is 35.7 Å². The largest absolute Gasteiger partial charge is 0.478 e. The molecule has 0 aliphatic carbocycles. The Morgan fingerprint density at radius 3 is 2.67 bits per heavy atom. The minimum atomic E-state index is -1.20. The van der Waals surface area contributed by atoms with Gasteiger partial charge in [0.15, 0.2) is 11.0 Å². The Balaban J connectivity index is 2.48. The molecule has 3 N–H and O–H groups in total. The molecule has 0 aliphatic rings. The molecule has 1 aromatic carbocycles. The molecule has 0 saturated carbocycles. The zero-order valence-electron chi connectivity index (χ0n) is 10.9. The molecule has 21 heavy (non-hydrogen) atoms. The summed E-state index contributed by atoms with van der Waals surface area (Å²) in [5.41, 5.74) is 5.75. The molecule has 0 amide bonds. The summed E-state index contributed by atoms with van der Waals surface area (Å²) in [6.07, 6.45) is 1.34. The van der Waals surface area contributed by atoms with Crippen LogP contribution in [0, 0.1) is 0 Å². The number of hydrogen-bond acceptors (Lipinski definition) is 7. The minimum absolute atomic E-state index is 0.0163. The number of carboxylic acids is 1. The summed E-state index contributed by atoms with van der Waals surface area (Å²) in [5, 5.41) is 9.45. The van der Waals surface area contributed by atoms with Crippen LogP contribution in [0.3, 0.4) is 0 Å². The number of rotatable bonds is 4. The molecular weight excluding hydrogens is 294 g/mol. The number of carboxylic acid groups (broad SMARTS) is 1. The lowest BCUT2D eigenvalue weighted by Crippen LogP contribution is -2.04. The fourth-order valence-electron chi connectivity index (χ4n) is 1.57. The van der Waals surface area contributed by atoms with Crippen LogP contribution in [-0.4, -0.2) is 26.4 Å². The average Bonchev–Trinajstić information content (AvgIpc) is 2.83. The van der Waals surface area contributed by atoms with Gasteiger partial charge in [-0.25, -0.2) is 4.79 Å². The van der Waals surface area contributed by atoms with Crippen molar-refractivity contribution in [1.29, 1.82) is 0 Å². The van der Waals surface area contributed by atoms with Gasteiger partial charge in [-0.2, -0.15) is 9.36 Å². The Hall–Kier alpha value is -2.74. The highest BCUT2D eigenvalue weighted by atomic mass is 32.1. The molecule has 0 bridgehead atoms. The van der Waals surface area contributed by atoms with Gasteiger partial charge in [0.1, 0.15) is 11.3 Å². The van der Waals surface area contributed by atoms with Gasteiger partial charge in [0.05, 0.1) is 0 Å². The summed E-state index contributed by atoms with van der Waals surface area (Å²) >= 11 is 0.903. The third-order valence-corrected chi connectivity index (χ3v) is 2.93. The van der Waals surface area contributed by atoms with Gasteiger partial charge in [-0.05, 0) is 12.1 Å². The van der Waals surface area contributed by atoms with Crippen LogP contribution < -0.4 is 10.5 Å². The van der Waals surface area contributed by atoms with E-state index in [1.54, 1.807) is 24.3 Å². The second kappa shape index (κ2) is 6.14. The number of carbonyl (C=O) groups is 2. The lowest BCUT2D eigenvalue weighted by Gasteiger charge is -2.05. The topological polar surface area (TPSA) is 115 Å². The Kier molecular flexibility index (Phi) is 4.29. The van der Waals surface area contributed by atoms with Crippen molar-refractivity contribution in [3.63, 3.8) is 0 Å². The SMILES string of the molecule is CC(=O)Oc1ccccc1/C=C(\C(=O)O)c1nsc(N)n1. The number of ether oxygens (including phenoxy) is 1. The summed E-state index contributed by atoms with van der Waals surface area (Å²) in [6.45, 7) is 1.27. The molecule has 1 heterocycles. The van der Waals surface area contributed by atoms with Crippen molar-refractivity contribution in [1.82, 2.24) is 9.36 Å². The predicted molar refractivity (Wildman–Crippen MR) is 77.6 cm³/mol. The second-order valence-electron chi connectivity index (χ2n) is 3.95. The summed E-state index contributed by atoms with van der Waals surface area (Å²) in [6, 6.07) is 6.56. The Bertz CT molecular complexity index is 724. The number of nitrogens with two attached hydrogens (primary N) is 1. The van der Waals surface area contributed by atoms with E-state index in [-0.39, 0.29) is 22.3 Å². The third-order valence-electron chi connectivity index (χ3n) is 2.39. The quantitative estimate of drug-likeness (QED) is 0.501. The molecule has 7 nitrogen and oxygen atoms in total. The van der Waals surface area contributed by atoms with Gasteiger partial charge >= 0.3 is 11.9 Å². The molecule has 0 atom stereocenters. The van der Waals surface area contributed by atoms with E-state index in [9.17, 15) is 14.7 Å². The van der Waals surface area contributed by atoms with Crippen molar-refractivity contribution in [2.75, 3.05) is 5.73 Å². The molecule has 0 radical (unpaired) electrons. The molecule has 0 spiro atoms. The molecule has 0 saturated heterocycles. The van der Waals surface area contributed by atoms with Crippen LogP contribution in [0.15, 0.2) is 24.3 Å². The van der Waals surface area contributed by atoms with Crippen molar-refractivity contribution >= 4 is 40.3 Å². The van der Waals surface area contributed by atoms with Crippen LogP contribution in [0.1, 0.15) is 18.3 Å². The van der Waals surface area contributed by atoms with E-state index in [4.69, 9.17) is 10.5 Å². The lowest BCUT2D eigenvalue weighted by molar-refractivity contribution is -0.132. The first-order chi connectivity index (χ1) is 9.97. The van der Waals surface area contributed by atoms with E-state index in [2.05, 4.69) is 9.36 Å². The van der Waals surface area contributed by atoms with Gasteiger partial charge in [0.25, 0.3) is 0 Å². The van der Waals surface area contributed by atoms with Gasteiger partial charge in [0, 0.05) is 24.0 Å². The molecular formula is C13H11N3O4S. The first kappa shape index (κ1) is 14.7. The number of anilines is 1. The van der Waals surface area contributed by atoms with Crippen LogP contribution in [0.5, 0.6) is 5.75 Å². The van der Waals surface area contributed by atoms with Crippen molar-refractivity contribution in [3.8, 4) is 5.75 Å². The number of hydrogen-bond donors (Lipinski definition) is 2. The number of carbonyl (C=O) groups excluding carboxylic acids is 1. The summed E-state index contributed by atoms with van der Waals surface area (Å²) in [7, 11) is 0. The number of benzene rings is 1.